The molecule has 2 aromatic heterocycles. The monoisotopic (exact) mass is 713 g/mol. The van der Waals surface area contributed by atoms with E-state index >= 15 is 0 Å². The van der Waals surface area contributed by atoms with E-state index in [1.165, 1.54) is 16.7 Å². The second kappa shape index (κ2) is 17.5. The number of anilines is 1. The minimum Gasteiger partial charge on any atom is -0.497 e. The molecule has 6 rings (SSSR count). The average molecular weight is 714 g/mol. The molecule has 6 aromatic rings. The van der Waals surface area contributed by atoms with E-state index in [4.69, 9.17) is 19.2 Å². The molecule has 0 fully saturated rings. The van der Waals surface area contributed by atoms with Crippen LogP contribution in [0.25, 0.3) is 22.0 Å². The fraction of sp³-hybridized carbons (Fsp3) is 0.302. The highest BCUT2D eigenvalue weighted by Gasteiger charge is 2.21. The molecule has 8 nitrogen and oxygen atoms in total. The predicted octanol–water partition coefficient (Wildman–Crippen LogP) is 9.15. The Morgan fingerprint density at radius 1 is 0.750 bits per heavy atom. The van der Waals surface area contributed by atoms with Gasteiger partial charge in [-0.15, -0.1) is 0 Å². The van der Waals surface area contributed by atoms with Gasteiger partial charge < -0.3 is 19.5 Å². The lowest BCUT2D eigenvalue weighted by atomic mass is 10.0. The van der Waals surface area contributed by atoms with Crippen molar-refractivity contribution in [1.82, 2.24) is 19.4 Å². The molecule has 2 heterocycles. The maximum absolute atomic E-state index is 6.40. The Morgan fingerprint density at radius 2 is 1.42 bits per heavy atom. The molecule has 1 unspecified atom stereocenters. The van der Waals surface area contributed by atoms with Crippen LogP contribution in [-0.2, 0) is 31.0 Å². The fourth-order valence-electron chi connectivity index (χ4n) is 6.35. The Hall–Kier alpha value is -4.96. The van der Waals surface area contributed by atoms with E-state index in [2.05, 4.69) is 118 Å². The van der Waals surface area contributed by atoms with E-state index in [1.54, 1.807) is 14.2 Å². The second-order valence-electron chi connectivity index (χ2n) is 14.6. The molecule has 0 spiro atoms. The topological polar surface area (TPSA) is 73.7 Å². The minimum atomic E-state index is -1.26. The zero-order chi connectivity index (χ0) is 36.3. The van der Waals surface area contributed by atoms with Gasteiger partial charge in [-0.2, -0.15) is 0 Å². The van der Waals surface area contributed by atoms with Gasteiger partial charge in [-0.25, -0.2) is 4.98 Å². The van der Waals surface area contributed by atoms with E-state index in [1.807, 2.05) is 42.9 Å². The molecule has 4 aromatic carbocycles. The number of rotatable bonds is 18. The van der Waals surface area contributed by atoms with E-state index in [9.17, 15) is 0 Å². The number of ether oxygens (including phenoxy) is 3. The smallest absolute Gasteiger partial charge is 0.205 e. The van der Waals surface area contributed by atoms with Gasteiger partial charge in [0.1, 0.15) is 18.2 Å². The Kier molecular flexibility index (Phi) is 12.4. The zero-order valence-electron chi connectivity index (χ0n) is 31.1. The first-order chi connectivity index (χ1) is 25.3. The number of nitrogens with one attached hydrogen (secondary N) is 1. The largest absolute Gasteiger partial charge is 0.497 e. The van der Waals surface area contributed by atoms with Gasteiger partial charge in [0.15, 0.2) is 0 Å². The van der Waals surface area contributed by atoms with Crippen molar-refractivity contribution in [3.8, 4) is 22.8 Å². The van der Waals surface area contributed by atoms with Gasteiger partial charge in [0, 0.05) is 63.7 Å². The minimum absolute atomic E-state index is 0.0394. The Labute approximate surface area is 309 Å². The summed E-state index contributed by atoms with van der Waals surface area (Å²) in [6.45, 7) is 10.6. The zero-order valence-corrected chi connectivity index (χ0v) is 32.1. The Balaban J connectivity index is 1.32. The number of pyridine rings is 1. The molecule has 0 aliphatic carbocycles. The van der Waals surface area contributed by atoms with Crippen LogP contribution in [0, 0.1) is 0 Å². The van der Waals surface area contributed by atoms with Crippen LogP contribution in [0.15, 0.2) is 122 Å². The molecule has 0 aliphatic heterocycles. The molecule has 270 valence electrons. The average Bonchev–Trinajstić information content (AvgIpc) is 3.55. The SMILES string of the molecule is COc1ccc(CN(Cc2ccc(OC)cc2)CC(Cc2ccccc2)Nc2ncc(-c3ccc4cnccc4c3)n2COCC[Si](C)(C)C)cc1. The summed E-state index contributed by atoms with van der Waals surface area (Å²) in [5.41, 5.74) is 5.81. The molecule has 9 heteroatoms. The number of nitrogens with zero attached hydrogens (tertiary/aromatic N) is 4. The summed E-state index contributed by atoms with van der Waals surface area (Å²) in [6.07, 6.45) is 6.54. The molecule has 1 atom stereocenters. The molecule has 0 amide bonds. The number of hydrogen-bond acceptors (Lipinski definition) is 7. The fourth-order valence-corrected chi connectivity index (χ4v) is 7.10. The summed E-state index contributed by atoms with van der Waals surface area (Å²) in [5.74, 6) is 2.51. The maximum Gasteiger partial charge on any atom is 0.205 e. The molecule has 0 saturated carbocycles. The molecular weight excluding hydrogens is 663 g/mol. The lowest BCUT2D eigenvalue weighted by Gasteiger charge is -2.29. The van der Waals surface area contributed by atoms with Crippen LogP contribution in [0.2, 0.25) is 25.7 Å². The first kappa shape index (κ1) is 36.8. The van der Waals surface area contributed by atoms with Crippen LogP contribution in [0.3, 0.4) is 0 Å². The number of methoxy groups -OCH3 is 2. The molecule has 0 saturated heterocycles. The van der Waals surface area contributed by atoms with Gasteiger partial charge in [-0.1, -0.05) is 86.4 Å². The Bertz CT molecular complexity index is 1940. The summed E-state index contributed by atoms with van der Waals surface area (Å²) in [6, 6.07) is 37.1. The van der Waals surface area contributed by atoms with Crippen molar-refractivity contribution in [2.45, 2.75) is 58.0 Å². The Morgan fingerprint density at radius 3 is 2.06 bits per heavy atom. The number of aromatic nitrogens is 3. The third-order valence-electron chi connectivity index (χ3n) is 9.28. The van der Waals surface area contributed by atoms with Gasteiger partial charge >= 0.3 is 0 Å². The third kappa shape index (κ3) is 10.3. The normalized spacial score (nSPS) is 12.3. The first-order valence-electron chi connectivity index (χ1n) is 18.0. The van der Waals surface area contributed by atoms with Crippen molar-refractivity contribution in [2.75, 3.05) is 32.7 Å². The lowest BCUT2D eigenvalue weighted by molar-refractivity contribution is 0.0893. The van der Waals surface area contributed by atoms with Gasteiger partial charge in [0.25, 0.3) is 0 Å². The first-order valence-corrected chi connectivity index (χ1v) is 21.7. The van der Waals surface area contributed by atoms with Crippen molar-refractivity contribution < 1.29 is 14.2 Å². The summed E-state index contributed by atoms with van der Waals surface area (Å²) >= 11 is 0. The summed E-state index contributed by atoms with van der Waals surface area (Å²) in [4.78, 5) is 11.8. The molecular formula is C43H51N5O3Si. The van der Waals surface area contributed by atoms with Crippen molar-refractivity contribution in [3.05, 3.63) is 138 Å². The third-order valence-corrected chi connectivity index (χ3v) is 11.0. The van der Waals surface area contributed by atoms with Crippen LogP contribution >= 0.6 is 0 Å². The molecule has 0 aliphatic rings. The van der Waals surface area contributed by atoms with Crippen molar-refractivity contribution in [2.24, 2.45) is 0 Å². The summed E-state index contributed by atoms with van der Waals surface area (Å²) in [7, 11) is 2.15. The number of benzene rings is 4. The predicted molar refractivity (Wildman–Crippen MR) is 215 cm³/mol. The maximum atomic E-state index is 6.40. The summed E-state index contributed by atoms with van der Waals surface area (Å²) < 4.78 is 19.5. The van der Waals surface area contributed by atoms with E-state index in [0.29, 0.717) is 6.73 Å². The number of hydrogen-bond donors (Lipinski definition) is 1. The highest BCUT2D eigenvalue weighted by Crippen LogP contribution is 2.28. The number of imidazole rings is 1. The van der Waals surface area contributed by atoms with Crippen molar-refractivity contribution in [1.29, 1.82) is 0 Å². The summed E-state index contributed by atoms with van der Waals surface area (Å²) in [5, 5.41) is 6.16. The molecule has 52 heavy (non-hydrogen) atoms. The van der Waals surface area contributed by atoms with Crippen LogP contribution in [0.4, 0.5) is 5.95 Å². The molecule has 1 N–H and O–H groups in total. The van der Waals surface area contributed by atoms with Crippen molar-refractivity contribution in [3.63, 3.8) is 0 Å². The van der Waals surface area contributed by atoms with E-state index in [0.717, 1.165) is 78.2 Å². The van der Waals surface area contributed by atoms with Crippen LogP contribution in [0.5, 0.6) is 11.5 Å². The highest BCUT2D eigenvalue weighted by atomic mass is 28.3. The second-order valence-corrected chi connectivity index (χ2v) is 20.2. The van der Waals surface area contributed by atoms with Crippen LogP contribution in [-0.4, -0.2) is 60.9 Å². The van der Waals surface area contributed by atoms with Gasteiger partial charge in [-0.05, 0) is 70.9 Å². The number of fused-ring (bicyclic) bond motifs is 1. The molecule has 0 radical (unpaired) electrons. The van der Waals surface area contributed by atoms with E-state index in [-0.39, 0.29) is 6.04 Å². The van der Waals surface area contributed by atoms with Crippen LogP contribution in [0.1, 0.15) is 16.7 Å². The molecule has 0 bridgehead atoms. The highest BCUT2D eigenvalue weighted by molar-refractivity contribution is 6.76. The van der Waals surface area contributed by atoms with E-state index < -0.39 is 8.07 Å². The van der Waals surface area contributed by atoms with Gasteiger partial charge in [0.2, 0.25) is 5.95 Å². The standard InChI is InChI=1S/C43H51N5O3Si/c1-49-40-17-11-34(12-18-40)29-47(30-35-13-19-41(50-2)20-14-35)31-39(25-33-9-7-6-8-10-33)46-43-45-28-42(48(43)32-51-23-24-52(3,4)5)37-15-16-38-27-44-22-21-36(38)26-37/h6-22,26-28,39H,23-25,29-32H2,1-5H3,(H,45,46). The van der Waals surface area contributed by atoms with Gasteiger partial charge in [0.05, 0.1) is 26.1 Å². The van der Waals surface area contributed by atoms with Crippen LogP contribution < -0.4 is 14.8 Å². The lowest BCUT2D eigenvalue weighted by Crippen LogP contribution is -2.38. The van der Waals surface area contributed by atoms with Gasteiger partial charge in [-0.3, -0.25) is 14.5 Å². The van der Waals surface area contributed by atoms with Crippen molar-refractivity contribution >= 4 is 24.8 Å². The quantitative estimate of drug-likeness (QED) is 0.0704.